The average Bonchev–Trinajstić information content (AvgIpc) is 2.81. The number of nitrogens with one attached hydrogen (secondary N) is 1. The standard InChI is InChI=1S/C13H16N4O2/c18-11-5-13(8-16-11)1-3-17(4-2-13)12(19)10-6-14-9-15-7-10/h6-7,9H,1-5,8H2,(H,16,18). The highest BCUT2D eigenvalue weighted by molar-refractivity contribution is 5.93. The SMILES string of the molecule is O=C1CC2(CCN(C(=O)c3cncnc3)CC2)CN1. The first-order valence-corrected chi connectivity index (χ1v) is 6.50. The summed E-state index contributed by atoms with van der Waals surface area (Å²) in [5, 5.41) is 2.89. The van der Waals surface area contributed by atoms with E-state index in [4.69, 9.17) is 0 Å². The Hall–Kier alpha value is -1.98. The molecule has 1 aromatic heterocycles. The second kappa shape index (κ2) is 4.60. The monoisotopic (exact) mass is 260 g/mol. The maximum atomic E-state index is 12.2. The number of carbonyl (C=O) groups excluding carboxylic acids is 2. The summed E-state index contributed by atoms with van der Waals surface area (Å²) in [7, 11) is 0. The summed E-state index contributed by atoms with van der Waals surface area (Å²) in [5.41, 5.74) is 0.597. The Morgan fingerprint density at radius 1 is 1.26 bits per heavy atom. The number of carbonyl (C=O) groups is 2. The minimum absolute atomic E-state index is 0.0206. The molecule has 2 aliphatic heterocycles. The van der Waals surface area contributed by atoms with Crippen molar-refractivity contribution in [2.75, 3.05) is 19.6 Å². The van der Waals surface area contributed by atoms with E-state index in [0.717, 1.165) is 19.4 Å². The van der Waals surface area contributed by atoms with Crippen molar-refractivity contribution in [1.82, 2.24) is 20.2 Å². The molecule has 6 heteroatoms. The minimum atomic E-state index is -0.0206. The summed E-state index contributed by atoms with van der Waals surface area (Å²) in [6.07, 6.45) is 6.86. The number of rotatable bonds is 1. The molecule has 0 bridgehead atoms. The highest BCUT2D eigenvalue weighted by Gasteiger charge is 2.41. The van der Waals surface area contributed by atoms with Crippen LogP contribution in [-0.4, -0.2) is 46.3 Å². The Labute approximate surface area is 111 Å². The predicted molar refractivity (Wildman–Crippen MR) is 67.2 cm³/mol. The van der Waals surface area contributed by atoms with Crippen molar-refractivity contribution in [2.45, 2.75) is 19.3 Å². The first-order valence-electron chi connectivity index (χ1n) is 6.50. The molecule has 1 N–H and O–H groups in total. The zero-order valence-electron chi connectivity index (χ0n) is 10.6. The maximum Gasteiger partial charge on any atom is 0.256 e. The van der Waals surface area contributed by atoms with Gasteiger partial charge >= 0.3 is 0 Å². The Morgan fingerprint density at radius 2 is 1.95 bits per heavy atom. The first kappa shape index (κ1) is 12.1. The molecule has 6 nitrogen and oxygen atoms in total. The van der Waals surface area contributed by atoms with Gasteiger partial charge in [-0.3, -0.25) is 9.59 Å². The van der Waals surface area contributed by atoms with Crippen LogP contribution in [0.3, 0.4) is 0 Å². The number of piperidine rings is 1. The van der Waals surface area contributed by atoms with Crippen LogP contribution < -0.4 is 5.32 Å². The zero-order chi connectivity index (χ0) is 13.3. The van der Waals surface area contributed by atoms with Crippen LogP contribution in [0.15, 0.2) is 18.7 Å². The Kier molecular flexibility index (Phi) is 2.93. The number of amides is 2. The molecule has 0 atom stereocenters. The molecule has 2 saturated heterocycles. The molecule has 0 saturated carbocycles. The molecule has 3 heterocycles. The van der Waals surface area contributed by atoms with Crippen molar-refractivity contribution in [1.29, 1.82) is 0 Å². The fourth-order valence-corrected chi connectivity index (χ4v) is 2.88. The smallest absolute Gasteiger partial charge is 0.256 e. The molecule has 0 radical (unpaired) electrons. The van der Waals surface area contributed by atoms with Gasteiger partial charge in [0.15, 0.2) is 0 Å². The highest BCUT2D eigenvalue weighted by atomic mass is 16.2. The van der Waals surface area contributed by atoms with Gasteiger partial charge < -0.3 is 10.2 Å². The second-order valence-electron chi connectivity index (χ2n) is 5.37. The zero-order valence-corrected chi connectivity index (χ0v) is 10.6. The molecule has 0 aromatic carbocycles. The van der Waals surface area contributed by atoms with E-state index in [2.05, 4.69) is 15.3 Å². The first-order chi connectivity index (χ1) is 9.19. The van der Waals surface area contributed by atoms with Crippen LogP contribution in [0, 0.1) is 5.41 Å². The molecular weight excluding hydrogens is 244 g/mol. The third-order valence-electron chi connectivity index (χ3n) is 4.11. The molecule has 19 heavy (non-hydrogen) atoms. The second-order valence-corrected chi connectivity index (χ2v) is 5.37. The molecule has 1 spiro atoms. The molecule has 2 fully saturated rings. The fraction of sp³-hybridized carbons (Fsp3) is 0.538. The molecular formula is C13H16N4O2. The summed E-state index contributed by atoms with van der Waals surface area (Å²) in [6.45, 7) is 2.15. The highest BCUT2D eigenvalue weighted by Crippen LogP contribution is 2.37. The van der Waals surface area contributed by atoms with Gasteiger partial charge in [-0.2, -0.15) is 0 Å². The van der Waals surface area contributed by atoms with E-state index in [1.165, 1.54) is 6.33 Å². The van der Waals surface area contributed by atoms with Crippen molar-refractivity contribution in [2.24, 2.45) is 5.41 Å². The lowest BCUT2D eigenvalue weighted by Crippen LogP contribution is -2.44. The number of hydrogen-bond acceptors (Lipinski definition) is 4. The van der Waals surface area contributed by atoms with E-state index in [1.54, 1.807) is 12.4 Å². The molecule has 0 unspecified atom stereocenters. The normalized spacial score (nSPS) is 21.5. The summed E-state index contributed by atoms with van der Waals surface area (Å²) in [5.74, 6) is 0.115. The topological polar surface area (TPSA) is 75.2 Å². The van der Waals surface area contributed by atoms with Crippen LogP contribution in [-0.2, 0) is 4.79 Å². The Morgan fingerprint density at radius 3 is 2.53 bits per heavy atom. The van der Waals surface area contributed by atoms with Crippen molar-refractivity contribution < 1.29 is 9.59 Å². The van der Waals surface area contributed by atoms with Crippen LogP contribution in [0.25, 0.3) is 0 Å². The Bertz CT molecular complexity index is 495. The van der Waals surface area contributed by atoms with Gasteiger partial charge in [-0.25, -0.2) is 9.97 Å². The van der Waals surface area contributed by atoms with E-state index >= 15 is 0 Å². The fourth-order valence-electron chi connectivity index (χ4n) is 2.88. The van der Waals surface area contributed by atoms with Crippen LogP contribution in [0.2, 0.25) is 0 Å². The maximum absolute atomic E-state index is 12.2. The molecule has 1 aromatic rings. The van der Waals surface area contributed by atoms with E-state index < -0.39 is 0 Å². The summed E-state index contributed by atoms with van der Waals surface area (Å²) >= 11 is 0. The van der Waals surface area contributed by atoms with E-state index in [-0.39, 0.29) is 17.2 Å². The molecule has 2 aliphatic rings. The minimum Gasteiger partial charge on any atom is -0.356 e. The number of likely N-dealkylation sites (tertiary alicyclic amines) is 1. The van der Waals surface area contributed by atoms with Gasteiger partial charge in [-0.1, -0.05) is 0 Å². The predicted octanol–water partition coefficient (Wildman–Crippen LogP) is 0.219. The van der Waals surface area contributed by atoms with Gasteiger partial charge in [0.25, 0.3) is 5.91 Å². The van der Waals surface area contributed by atoms with E-state index in [1.807, 2.05) is 4.90 Å². The average molecular weight is 260 g/mol. The van der Waals surface area contributed by atoms with Gasteiger partial charge in [0, 0.05) is 38.4 Å². The lowest BCUT2D eigenvalue weighted by atomic mass is 9.77. The van der Waals surface area contributed by atoms with Crippen molar-refractivity contribution in [3.05, 3.63) is 24.3 Å². The molecule has 0 aliphatic carbocycles. The summed E-state index contributed by atoms with van der Waals surface area (Å²) in [4.78, 5) is 33.1. The van der Waals surface area contributed by atoms with Gasteiger partial charge in [0.05, 0.1) is 5.56 Å². The lowest BCUT2D eigenvalue weighted by Gasteiger charge is -2.38. The van der Waals surface area contributed by atoms with Gasteiger partial charge in [-0.05, 0) is 18.3 Å². The van der Waals surface area contributed by atoms with Crippen molar-refractivity contribution in [3.63, 3.8) is 0 Å². The summed E-state index contributed by atoms with van der Waals surface area (Å²) in [6, 6.07) is 0. The van der Waals surface area contributed by atoms with E-state index in [9.17, 15) is 9.59 Å². The quantitative estimate of drug-likeness (QED) is 0.783. The number of nitrogens with zero attached hydrogens (tertiary/aromatic N) is 3. The molecule has 3 rings (SSSR count). The Balaban J connectivity index is 1.64. The van der Waals surface area contributed by atoms with Crippen LogP contribution >= 0.6 is 0 Å². The number of aromatic nitrogens is 2. The molecule has 100 valence electrons. The largest absolute Gasteiger partial charge is 0.356 e. The van der Waals surface area contributed by atoms with E-state index in [0.29, 0.717) is 25.1 Å². The third-order valence-corrected chi connectivity index (χ3v) is 4.11. The van der Waals surface area contributed by atoms with Crippen molar-refractivity contribution in [3.8, 4) is 0 Å². The summed E-state index contributed by atoms with van der Waals surface area (Å²) < 4.78 is 0. The van der Waals surface area contributed by atoms with Gasteiger partial charge in [0.2, 0.25) is 5.91 Å². The lowest BCUT2D eigenvalue weighted by molar-refractivity contribution is -0.119. The van der Waals surface area contributed by atoms with Crippen LogP contribution in [0.1, 0.15) is 29.6 Å². The van der Waals surface area contributed by atoms with Gasteiger partial charge in [0.1, 0.15) is 6.33 Å². The third kappa shape index (κ3) is 2.30. The van der Waals surface area contributed by atoms with Gasteiger partial charge in [-0.15, -0.1) is 0 Å². The van der Waals surface area contributed by atoms with Crippen LogP contribution in [0.5, 0.6) is 0 Å². The van der Waals surface area contributed by atoms with Crippen molar-refractivity contribution >= 4 is 11.8 Å². The van der Waals surface area contributed by atoms with Crippen LogP contribution in [0.4, 0.5) is 0 Å². The number of hydrogen-bond donors (Lipinski definition) is 1. The molecule has 2 amide bonds.